The van der Waals surface area contributed by atoms with Crippen molar-refractivity contribution < 1.29 is 19.2 Å². The number of hydrogen-bond donors (Lipinski definition) is 4. The predicted octanol–water partition coefficient (Wildman–Crippen LogP) is 7.78. The summed E-state index contributed by atoms with van der Waals surface area (Å²) in [6.07, 6.45) is 8.70. The Kier molecular flexibility index (Phi) is 14.7. The van der Waals surface area contributed by atoms with E-state index >= 15 is 0 Å². The van der Waals surface area contributed by atoms with Crippen molar-refractivity contribution in [2.24, 2.45) is 11.8 Å². The largest absolute Gasteiger partial charge is 0.344 e. The zero-order valence-electron chi connectivity index (χ0n) is 33.9. The molecule has 14 heteroatoms. The van der Waals surface area contributed by atoms with Gasteiger partial charge in [0.25, 0.3) is 0 Å². The Morgan fingerprint density at radius 1 is 0.638 bits per heavy atom. The van der Waals surface area contributed by atoms with Crippen LogP contribution in [0.1, 0.15) is 103 Å². The average molecular weight is 832 g/mol. The zero-order valence-corrected chi connectivity index (χ0v) is 35.4. The number of rotatable bonds is 17. The molecule has 2 aromatic carbocycles. The molecule has 4 amide bonds. The van der Waals surface area contributed by atoms with Gasteiger partial charge in [0.2, 0.25) is 23.6 Å². The molecule has 12 nitrogen and oxygen atoms in total. The monoisotopic (exact) mass is 830 g/mol. The van der Waals surface area contributed by atoms with Crippen LogP contribution >= 0.6 is 23.2 Å². The maximum absolute atomic E-state index is 13.7. The van der Waals surface area contributed by atoms with E-state index < -0.39 is 12.1 Å². The van der Waals surface area contributed by atoms with E-state index in [2.05, 4.69) is 69.1 Å². The first-order valence-electron chi connectivity index (χ1n) is 20.6. The number of benzene rings is 2. The van der Waals surface area contributed by atoms with Gasteiger partial charge in [-0.25, -0.2) is 9.97 Å². The van der Waals surface area contributed by atoms with Gasteiger partial charge in [-0.15, -0.1) is 23.2 Å². The second-order valence-corrected chi connectivity index (χ2v) is 16.8. The van der Waals surface area contributed by atoms with Crippen LogP contribution in [0, 0.1) is 11.8 Å². The lowest BCUT2D eigenvalue weighted by Crippen LogP contribution is -2.51. The van der Waals surface area contributed by atoms with Crippen molar-refractivity contribution in [2.45, 2.75) is 103 Å². The van der Waals surface area contributed by atoms with Crippen molar-refractivity contribution >= 4 is 46.8 Å². The van der Waals surface area contributed by atoms with Crippen LogP contribution in [0.3, 0.4) is 0 Å². The summed E-state index contributed by atoms with van der Waals surface area (Å²) < 4.78 is 0. The van der Waals surface area contributed by atoms with Crippen molar-refractivity contribution in [2.75, 3.05) is 24.8 Å². The summed E-state index contributed by atoms with van der Waals surface area (Å²) in [5.74, 6) is 1.71. The molecule has 2 aliphatic heterocycles. The van der Waals surface area contributed by atoms with Gasteiger partial charge in [0.1, 0.15) is 23.7 Å². The Balaban J connectivity index is 1.09. The Hall–Kier alpha value is -4.68. The molecule has 310 valence electrons. The molecule has 0 aliphatic carbocycles. The topological polar surface area (TPSA) is 156 Å². The van der Waals surface area contributed by atoms with E-state index in [1.54, 1.807) is 0 Å². The molecule has 2 saturated heterocycles. The molecule has 2 aliphatic rings. The standard InChI is InChI=1S/C44H56Cl2N8O4/c1-27(2)39(51-37(55)11-5-21-45)43(57)53-23-7-9-35(53)41-47-25-33(49-41)31-17-13-29(14-18-31)30-15-19-32(20-16-30)34-26-48-42(50-34)36-10-8-24-54(36)44(58)40(28(3)4)52-38(56)12-6-22-46/h13-20,25-28,35-36,39-40H,5-12,21-24H2,1-4H3,(H,47,49)(H,48,50)(H,51,55)(H,52,56)/t35-,36-,39+,40+/m1/s1. The van der Waals surface area contributed by atoms with E-state index in [1.807, 2.05) is 49.9 Å². The number of halogens is 2. The molecule has 2 aromatic heterocycles. The lowest BCUT2D eigenvalue weighted by Gasteiger charge is -2.30. The van der Waals surface area contributed by atoms with Crippen LogP contribution in [0.2, 0.25) is 0 Å². The number of amides is 4. The van der Waals surface area contributed by atoms with Crippen molar-refractivity contribution in [3.05, 3.63) is 72.6 Å². The SMILES string of the molecule is CC(C)[C@H](NC(=O)CCCCl)C(=O)N1CCC[C@@H]1c1ncc(-c2ccc(-c3ccc(-c4cnc([C@H]5CCCN5C(=O)[C@@H](NC(=O)CCCCl)C(C)C)[nH]4)cc3)cc2)[nH]1. The number of hydrogen-bond acceptors (Lipinski definition) is 6. The minimum absolute atomic E-state index is 0.0569. The lowest BCUT2D eigenvalue weighted by molar-refractivity contribution is -0.138. The van der Waals surface area contributed by atoms with Crippen LogP contribution in [0.4, 0.5) is 0 Å². The maximum atomic E-state index is 13.7. The lowest BCUT2D eigenvalue weighted by atomic mass is 10.0. The van der Waals surface area contributed by atoms with E-state index in [9.17, 15) is 19.2 Å². The van der Waals surface area contributed by atoms with E-state index in [4.69, 9.17) is 33.2 Å². The number of nitrogens with zero attached hydrogens (tertiary/aromatic N) is 4. The van der Waals surface area contributed by atoms with Crippen LogP contribution in [0.5, 0.6) is 0 Å². The van der Waals surface area contributed by atoms with Gasteiger partial charge in [0.15, 0.2) is 0 Å². The minimum atomic E-state index is -0.603. The summed E-state index contributed by atoms with van der Waals surface area (Å²) in [7, 11) is 0. The molecule has 4 aromatic rings. The summed E-state index contributed by atoms with van der Waals surface area (Å²) in [5.41, 5.74) is 5.84. The van der Waals surface area contributed by atoms with Gasteiger partial charge in [-0.1, -0.05) is 76.2 Å². The van der Waals surface area contributed by atoms with Gasteiger partial charge < -0.3 is 30.4 Å². The van der Waals surface area contributed by atoms with E-state index in [0.717, 1.165) is 71.0 Å². The molecule has 0 unspecified atom stereocenters. The Labute approximate surface area is 351 Å². The van der Waals surface area contributed by atoms with Gasteiger partial charge in [0, 0.05) is 37.7 Å². The van der Waals surface area contributed by atoms with Gasteiger partial charge >= 0.3 is 0 Å². The second-order valence-electron chi connectivity index (χ2n) is 16.1. The third-order valence-electron chi connectivity index (χ3n) is 11.2. The molecule has 4 N–H and O–H groups in total. The molecule has 0 saturated carbocycles. The molecular weight excluding hydrogens is 775 g/mol. The highest BCUT2D eigenvalue weighted by molar-refractivity contribution is 6.18. The van der Waals surface area contributed by atoms with E-state index in [1.165, 1.54) is 0 Å². The summed E-state index contributed by atoms with van der Waals surface area (Å²) in [5, 5.41) is 5.89. The molecular formula is C44H56Cl2N8O4. The number of carbonyl (C=O) groups excluding carboxylic acids is 4. The summed E-state index contributed by atoms with van der Waals surface area (Å²) in [6.45, 7) is 9.03. The second kappa shape index (κ2) is 19.8. The average Bonchev–Trinajstić information content (AvgIpc) is 4.07. The zero-order chi connectivity index (χ0) is 41.3. The first-order chi connectivity index (χ1) is 28.0. The highest BCUT2D eigenvalue weighted by Crippen LogP contribution is 2.35. The molecule has 0 radical (unpaired) electrons. The van der Waals surface area contributed by atoms with E-state index in [-0.39, 0.29) is 47.5 Å². The number of nitrogens with one attached hydrogen (secondary N) is 4. The third-order valence-corrected chi connectivity index (χ3v) is 11.7. The van der Waals surface area contributed by atoms with Crippen LogP contribution in [0.25, 0.3) is 33.6 Å². The maximum Gasteiger partial charge on any atom is 0.246 e. The molecule has 2 fully saturated rings. The van der Waals surface area contributed by atoms with Crippen LogP contribution < -0.4 is 10.6 Å². The molecule has 0 spiro atoms. The first-order valence-corrected chi connectivity index (χ1v) is 21.7. The number of H-pyrrole nitrogens is 2. The third kappa shape index (κ3) is 10.1. The normalized spacial score (nSPS) is 17.9. The van der Waals surface area contributed by atoms with Crippen molar-refractivity contribution in [3.8, 4) is 33.6 Å². The molecule has 4 atom stereocenters. The minimum Gasteiger partial charge on any atom is -0.344 e. The number of carbonyl (C=O) groups is 4. The number of imidazole rings is 2. The summed E-state index contributed by atoms with van der Waals surface area (Å²) >= 11 is 11.5. The molecule has 0 bridgehead atoms. The smallest absolute Gasteiger partial charge is 0.246 e. The Bertz CT molecular complexity index is 1870. The summed E-state index contributed by atoms with van der Waals surface area (Å²) in [4.78, 5) is 72.5. The van der Waals surface area contributed by atoms with Gasteiger partial charge in [0.05, 0.1) is 35.9 Å². The Morgan fingerprint density at radius 3 is 1.34 bits per heavy atom. The fourth-order valence-corrected chi connectivity index (χ4v) is 8.22. The Morgan fingerprint density at radius 2 is 1.00 bits per heavy atom. The predicted molar refractivity (Wildman–Crippen MR) is 228 cm³/mol. The van der Waals surface area contributed by atoms with E-state index in [0.29, 0.717) is 50.5 Å². The van der Waals surface area contributed by atoms with Crippen molar-refractivity contribution in [1.82, 2.24) is 40.4 Å². The summed E-state index contributed by atoms with van der Waals surface area (Å²) in [6, 6.07) is 15.0. The quantitative estimate of drug-likeness (QED) is 0.0797. The fourth-order valence-electron chi connectivity index (χ4n) is 7.95. The molecule has 58 heavy (non-hydrogen) atoms. The molecule has 6 rings (SSSR count). The highest BCUT2D eigenvalue weighted by Gasteiger charge is 2.38. The van der Waals surface area contributed by atoms with Crippen LogP contribution in [-0.4, -0.2) is 90.3 Å². The van der Waals surface area contributed by atoms with Gasteiger partial charge in [-0.3, -0.25) is 19.2 Å². The van der Waals surface area contributed by atoms with Gasteiger partial charge in [-0.2, -0.15) is 0 Å². The number of likely N-dealkylation sites (tertiary alicyclic amines) is 2. The number of aromatic nitrogens is 4. The van der Waals surface area contributed by atoms with Crippen molar-refractivity contribution in [1.29, 1.82) is 0 Å². The fraction of sp³-hybridized carbons (Fsp3) is 0.500. The first kappa shape index (κ1) is 42.9. The number of aromatic amines is 2. The number of alkyl halides is 2. The highest BCUT2D eigenvalue weighted by atomic mass is 35.5. The van der Waals surface area contributed by atoms with Crippen molar-refractivity contribution in [3.63, 3.8) is 0 Å². The van der Waals surface area contributed by atoms with Gasteiger partial charge in [-0.05, 0) is 72.6 Å². The van der Waals surface area contributed by atoms with Crippen LogP contribution in [-0.2, 0) is 19.2 Å². The molecule has 4 heterocycles. The van der Waals surface area contributed by atoms with Crippen LogP contribution in [0.15, 0.2) is 60.9 Å².